The predicted molar refractivity (Wildman–Crippen MR) is 99.2 cm³/mol. The molecule has 0 fully saturated rings. The molecule has 2 heterocycles. The number of benzene rings is 1. The number of carbonyl (C=O) groups is 1. The van der Waals surface area contributed by atoms with Gasteiger partial charge in [0.05, 0.1) is 11.7 Å². The molecule has 0 aliphatic heterocycles. The molecule has 0 radical (unpaired) electrons. The highest BCUT2D eigenvalue weighted by molar-refractivity contribution is 6.18. The van der Waals surface area contributed by atoms with E-state index in [2.05, 4.69) is 4.98 Å². The second-order valence-corrected chi connectivity index (χ2v) is 7.29. The molecule has 1 aliphatic carbocycles. The summed E-state index contributed by atoms with van der Waals surface area (Å²) in [7, 11) is 0. The van der Waals surface area contributed by atoms with Crippen LogP contribution < -0.4 is 4.74 Å². The highest BCUT2D eigenvalue weighted by Crippen LogP contribution is 2.45. The summed E-state index contributed by atoms with van der Waals surface area (Å²) in [6.07, 6.45) is 1.17. The summed E-state index contributed by atoms with van der Waals surface area (Å²) in [6, 6.07) is 8.89. The molecular weight excluding hydrogens is 346 g/mol. The smallest absolute Gasteiger partial charge is 0.199 e. The van der Waals surface area contributed by atoms with Crippen molar-refractivity contribution in [3.8, 4) is 5.75 Å². The summed E-state index contributed by atoms with van der Waals surface area (Å²) in [6.45, 7) is 3.99. The van der Waals surface area contributed by atoms with Crippen molar-refractivity contribution in [2.24, 2.45) is 0 Å². The van der Waals surface area contributed by atoms with Gasteiger partial charge in [-0.05, 0) is 56.2 Å². The minimum absolute atomic E-state index is 0.0769. The third kappa shape index (κ3) is 2.81. The number of nitrogens with zero attached hydrogens (tertiary/aromatic N) is 1. The van der Waals surface area contributed by atoms with E-state index in [1.165, 1.54) is 0 Å². The molecule has 140 valence electrons. The number of ketones is 1. The van der Waals surface area contributed by atoms with Crippen LogP contribution in [0.1, 0.15) is 47.5 Å². The summed E-state index contributed by atoms with van der Waals surface area (Å²) in [5.74, 6) is 1.05. The van der Waals surface area contributed by atoms with Crippen LogP contribution in [-0.4, -0.2) is 40.3 Å². The van der Waals surface area contributed by atoms with Crippen molar-refractivity contribution < 1.29 is 24.2 Å². The lowest BCUT2D eigenvalue weighted by Crippen LogP contribution is -2.29. The fourth-order valence-corrected chi connectivity index (χ4v) is 3.59. The number of pyridine rings is 1. The first kappa shape index (κ1) is 17.7. The highest BCUT2D eigenvalue weighted by Gasteiger charge is 2.42. The van der Waals surface area contributed by atoms with Crippen LogP contribution in [0.2, 0.25) is 0 Å². The number of ether oxygens (including phenoxy) is 1. The Morgan fingerprint density at radius 3 is 2.89 bits per heavy atom. The first-order chi connectivity index (χ1) is 12.9. The fraction of sp³-hybridized carbons (Fsp3) is 0.333. The van der Waals surface area contributed by atoms with Crippen LogP contribution in [0.25, 0.3) is 11.1 Å². The lowest BCUT2D eigenvalue weighted by molar-refractivity contribution is 0.0820. The number of fused-ring (bicyclic) bond motifs is 4. The van der Waals surface area contributed by atoms with Crippen molar-refractivity contribution in [3.63, 3.8) is 0 Å². The van der Waals surface area contributed by atoms with Gasteiger partial charge in [0.15, 0.2) is 11.4 Å². The topological polar surface area (TPSA) is 92.8 Å². The summed E-state index contributed by atoms with van der Waals surface area (Å²) in [5, 5.41) is 18.6. The second-order valence-electron chi connectivity index (χ2n) is 7.29. The number of furan rings is 1. The van der Waals surface area contributed by atoms with E-state index in [1.807, 2.05) is 26.0 Å². The quantitative estimate of drug-likeness (QED) is 0.720. The van der Waals surface area contributed by atoms with Gasteiger partial charge in [0.2, 0.25) is 0 Å². The molecule has 0 saturated carbocycles. The summed E-state index contributed by atoms with van der Waals surface area (Å²) in [4.78, 5) is 17.5. The standard InChI is InChI=1S/C21H21NO5/c1-21(2)15-10-13(26-11-12(24)7-9-23)5-6-14(15)19(25)17-18-16(27-20(17)21)4-3-8-22-18/h3-6,8,10,12,23-24H,7,9,11H2,1-2H3. The molecule has 0 amide bonds. The first-order valence-electron chi connectivity index (χ1n) is 8.92. The lowest BCUT2D eigenvalue weighted by Gasteiger charge is -2.30. The maximum absolute atomic E-state index is 13.1. The second kappa shape index (κ2) is 6.48. The van der Waals surface area contributed by atoms with E-state index in [0.29, 0.717) is 33.7 Å². The highest BCUT2D eigenvalue weighted by atomic mass is 16.5. The van der Waals surface area contributed by atoms with Gasteiger partial charge in [-0.25, -0.2) is 0 Å². The van der Waals surface area contributed by atoms with Gasteiger partial charge in [0.1, 0.15) is 23.6 Å². The molecule has 6 heteroatoms. The fourth-order valence-electron chi connectivity index (χ4n) is 3.59. The minimum atomic E-state index is -0.742. The molecule has 0 spiro atoms. The molecule has 2 N–H and O–H groups in total. The Kier molecular flexibility index (Phi) is 4.25. The average molecular weight is 367 g/mol. The average Bonchev–Trinajstić information content (AvgIpc) is 3.06. The number of hydrogen-bond acceptors (Lipinski definition) is 6. The maximum Gasteiger partial charge on any atom is 0.199 e. The maximum atomic E-state index is 13.1. The van der Waals surface area contributed by atoms with E-state index in [9.17, 15) is 9.90 Å². The Hall–Kier alpha value is -2.70. The van der Waals surface area contributed by atoms with E-state index in [0.717, 1.165) is 5.56 Å². The van der Waals surface area contributed by atoms with E-state index >= 15 is 0 Å². The van der Waals surface area contributed by atoms with Crippen LogP contribution in [0.15, 0.2) is 40.9 Å². The van der Waals surface area contributed by atoms with Crippen LogP contribution in [0.5, 0.6) is 5.75 Å². The van der Waals surface area contributed by atoms with Crippen LogP contribution >= 0.6 is 0 Å². The van der Waals surface area contributed by atoms with Crippen molar-refractivity contribution in [1.29, 1.82) is 0 Å². The summed E-state index contributed by atoms with van der Waals surface area (Å²) in [5.41, 5.74) is 2.58. The van der Waals surface area contributed by atoms with E-state index in [1.54, 1.807) is 24.4 Å². The largest absolute Gasteiger partial charge is 0.491 e. The molecule has 2 aromatic heterocycles. The van der Waals surface area contributed by atoms with Gasteiger partial charge in [0, 0.05) is 23.8 Å². The SMILES string of the molecule is CC1(C)c2cc(OCC(O)CCO)ccc2C(=O)c2c1oc1cccnc21. The van der Waals surface area contributed by atoms with Gasteiger partial charge < -0.3 is 19.4 Å². The zero-order valence-corrected chi connectivity index (χ0v) is 15.2. The monoisotopic (exact) mass is 367 g/mol. The lowest BCUT2D eigenvalue weighted by atomic mass is 9.72. The minimum Gasteiger partial charge on any atom is -0.491 e. The molecule has 1 aromatic carbocycles. The number of aromatic nitrogens is 1. The molecular formula is C21H21NO5. The molecule has 4 rings (SSSR count). The zero-order valence-electron chi connectivity index (χ0n) is 15.2. The van der Waals surface area contributed by atoms with Gasteiger partial charge in [-0.3, -0.25) is 9.78 Å². The Balaban J connectivity index is 1.75. The Morgan fingerprint density at radius 1 is 1.30 bits per heavy atom. The van der Waals surface area contributed by atoms with Crippen molar-refractivity contribution >= 4 is 16.9 Å². The number of carbonyl (C=O) groups excluding carboxylic acids is 1. The van der Waals surface area contributed by atoms with E-state index < -0.39 is 11.5 Å². The Morgan fingerprint density at radius 2 is 2.11 bits per heavy atom. The number of hydrogen-bond donors (Lipinski definition) is 2. The van der Waals surface area contributed by atoms with Crippen LogP contribution in [0.3, 0.4) is 0 Å². The molecule has 1 unspecified atom stereocenters. The molecule has 1 aliphatic rings. The van der Waals surface area contributed by atoms with Gasteiger partial charge >= 0.3 is 0 Å². The number of aliphatic hydroxyl groups is 2. The van der Waals surface area contributed by atoms with Crippen LogP contribution in [0.4, 0.5) is 0 Å². The molecule has 0 bridgehead atoms. The Labute approximate surface area is 156 Å². The molecule has 3 aromatic rings. The molecule has 6 nitrogen and oxygen atoms in total. The molecule has 27 heavy (non-hydrogen) atoms. The van der Waals surface area contributed by atoms with E-state index in [4.69, 9.17) is 14.3 Å². The van der Waals surface area contributed by atoms with Crippen LogP contribution in [0, 0.1) is 0 Å². The number of rotatable bonds is 5. The summed E-state index contributed by atoms with van der Waals surface area (Å²) < 4.78 is 11.7. The van der Waals surface area contributed by atoms with Gasteiger partial charge in [-0.1, -0.05) is 0 Å². The van der Waals surface area contributed by atoms with Crippen molar-refractivity contribution in [3.05, 3.63) is 59.0 Å². The zero-order chi connectivity index (χ0) is 19.2. The van der Waals surface area contributed by atoms with Gasteiger partial charge in [0.25, 0.3) is 0 Å². The van der Waals surface area contributed by atoms with Gasteiger partial charge in [-0.15, -0.1) is 0 Å². The predicted octanol–water partition coefficient (Wildman–Crippen LogP) is 2.82. The van der Waals surface area contributed by atoms with Crippen LogP contribution in [-0.2, 0) is 5.41 Å². The van der Waals surface area contributed by atoms with Gasteiger partial charge in [-0.2, -0.15) is 0 Å². The van der Waals surface area contributed by atoms with Crippen molar-refractivity contribution in [1.82, 2.24) is 4.98 Å². The normalized spacial score (nSPS) is 16.1. The molecule has 0 saturated heterocycles. The third-order valence-corrected chi connectivity index (χ3v) is 5.06. The van der Waals surface area contributed by atoms with Crippen molar-refractivity contribution in [2.75, 3.05) is 13.2 Å². The Bertz CT molecular complexity index is 1020. The third-order valence-electron chi connectivity index (χ3n) is 5.06. The summed E-state index contributed by atoms with van der Waals surface area (Å²) >= 11 is 0. The first-order valence-corrected chi connectivity index (χ1v) is 8.92. The number of aliphatic hydroxyl groups excluding tert-OH is 2. The van der Waals surface area contributed by atoms with Crippen molar-refractivity contribution in [2.45, 2.75) is 31.8 Å². The molecule has 1 atom stereocenters. The van der Waals surface area contributed by atoms with E-state index in [-0.39, 0.29) is 25.4 Å².